The van der Waals surface area contributed by atoms with E-state index in [0.717, 1.165) is 37.9 Å². The molecule has 30 heavy (non-hydrogen) atoms. The van der Waals surface area contributed by atoms with Crippen LogP contribution in [0.4, 0.5) is 0 Å². The molecule has 1 atom stereocenters. The molecule has 2 aromatic carbocycles. The van der Waals surface area contributed by atoms with Crippen LogP contribution in [-0.4, -0.2) is 37.2 Å². The molecule has 0 aromatic heterocycles. The monoisotopic (exact) mass is 405 g/mol. The van der Waals surface area contributed by atoms with Gasteiger partial charge in [0.1, 0.15) is 0 Å². The maximum Gasteiger partial charge on any atom is 0.195 e. The van der Waals surface area contributed by atoms with Gasteiger partial charge in [0.15, 0.2) is 5.79 Å². The lowest BCUT2D eigenvalue weighted by molar-refractivity contribution is -0.172. The topological polar surface area (TPSA) is 21.7 Å². The zero-order chi connectivity index (χ0) is 21.0. The molecule has 0 bridgehead atoms. The first-order chi connectivity index (χ1) is 14.6. The van der Waals surface area contributed by atoms with E-state index >= 15 is 0 Å². The standard InChI is InChI=1S/C27H35NO2/c1-21-10-12-25(13-11-21)27(29-18-19-30-27)15-7-16-28-17-14-22(2)23(3)26(28)20-24-8-5-4-6-9-24/h4-6,8-13,26H,7,14-20H2,1-3H3. The van der Waals surface area contributed by atoms with Gasteiger partial charge in [-0.2, -0.15) is 0 Å². The van der Waals surface area contributed by atoms with E-state index in [4.69, 9.17) is 9.47 Å². The second-order valence-corrected chi connectivity index (χ2v) is 8.87. The van der Waals surface area contributed by atoms with E-state index in [2.05, 4.69) is 80.3 Å². The van der Waals surface area contributed by atoms with Crippen molar-refractivity contribution in [1.29, 1.82) is 0 Å². The van der Waals surface area contributed by atoms with Crippen LogP contribution in [0.5, 0.6) is 0 Å². The molecule has 2 heterocycles. The van der Waals surface area contributed by atoms with Crippen molar-refractivity contribution in [1.82, 2.24) is 4.90 Å². The summed E-state index contributed by atoms with van der Waals surface area (Å²) in [4.78, 5) is 2.67. The van der Waals surface area contributed by atoms with Crippen molar-refractivity contribution in [2.45, 2.75) is 58.3 Å². The number of hydrogen-bond acceptors (Lipinski definition) is 3. The molecule has 1 saturated heterocycles. The number of hydrogen-bond donors (Lipinski definition) is 0. The maximum absolute atomic E-state index is 6.17. The molecular formula is C27H35NO2. The van der Waals surface area contributed by atoms with Crippen LogP contribution in [0.3, 0.4) is 0 Å². The Kier molecular flexibility index (Phi) is 6.72. The highest BCUT2D eigenvalue weighted by Gasteiger charge is 2.38. The van der Waals surface area contributed by atoms with Gasteiger partial charge in [-0.3, -0.25) is 4.90 Å². The fourth-order valence-corrected chi connectivity index (χ4v) is 4.84. The van der Waals surface area contributed by atoms with Gasteiger partial charge in [0.25, 0.3) is 0 Å². The third-order valence-electron chi connectivity index (χ3n) is 6.86. The van der Waals surface area contributed by atoms with Crippen molar-refractivity contribution in [2.75, 3.05) is 26.3 Å². The Morgan fingerprint density at radius 2 is 1.63 bits per heavy atom. The number of nitrogens with zero attached hydrogens (tertiary/aromatic N) is 1. The van der Waals surface area contributed by atoms with E-state index in [1.54, 1.807) is 11.1 Å². The zero-order valence-corrected chi connectivity index (χ0v) is 18.7. The molecule has 2 aliphatic rings. The van der Waals surface area contributed by atoms with Crippen LogP contribution in [0.25, 0.3) is 0 Å². The number of rotatable bonds is 7. The van der Waals surface area contributed by atoms with Crippen LogP contribution in [0, 0.1) is 6.92 Å². The predicted molar refractivity (Wildman–Crippen MR) is 122 cm³/mol. The summed E-state index contributed by atoms with van der Waals surface area (Å²) in [6, 6.07) is 20.0. The summed E-state index contributed by atoms with van der Waals surface area (Å²) in [5.74, 6) is -0.570. The fraction of sp³-hybridized carbons (Fsp3) is 0.481. The summed E-state index contributed by atoms with van der Waals surface area (Å²) in [6.45, 7) is 10.3. The number of aryl methyl sites for hydroxylation is 1. The van der Waals surface area contributed by atoms with Gasteiger partial charge in [0.05, 0.1) is 13.2 Å². The molecule has 2 aromatic rings. The highest BCUT2D eigenvalue weighted by atomic mass is 16.7. The summed E-state index contributed by atoms with van der Waals surface area (Å²) in [6.07, 6.45) is 4.21. The number of ether oxygens (including phenoxy) is 2. The largest absolute Gasteiger partial charge is 0.343 e. The molecule has 3 nitrogen and oxygen atoms in total. The lowest BCUT2D eigenvalue weighted by Gasteiger charge is -2.38. The molecule has 160 valence electrons. The van der Waals surface area contributed by atoms with Gasteiger partial charge in [0.2, 0.25) is 0 Å². The first-order valence-electron chi connectivity index (χ1n) is 11.4. The molecule has 0 amide bonds. The molecule has 0 radical (unpaired) electrons. The van der Waals surface area contributed by atoms with Crippen molar-refractivity contribution in [3.63, 3.8) is 0 Å². The molecular weight excluding hydrogens is 370 g/mol. The molecule has 4 rings (SSSR count). The minimum absolute atomic E-state index is 0.488. The molecule has 1 unspecified atom stereocenters. The van der Waals surface area contributed by atoms with Crippen molar-refractivity contribution in [3.05, 3.63) is 82.4 Å². The van der Waals surface area contributed by atoms with Gasteiger partial charge in [-0.25, -0.2) is 0 Å². The normalized spacial score (nSPS) is 21.9. The van der Waals surface area contributed by atoms with E-state index in [-0.39, 0.29) is 0 Å². The SMILES string of the molecule is CC1=C(C)C(Cc2ccccc2)N(CCCC2(c3ccc(C)cc3)OCCO2)CC1. The molecule has 0 aliphatic carbocycles. The Morgan fingerprint density at radius 3 is 2.33 bits per heavy atom. The molecule has 3 heteroatoms. The Bertz CT molecular complexity index is 850. The first kappa shape index (κ1) is 21.3. The highest BCUT2D eigenvalue weighted by Crippen LogP contribution is 2.36. The second-order valence-electron chi connectivity index (χ2n) is 8.87. The third-order valence-corrected chi connectivity index (χ3v) is 6.86. The predicted octanol–water partition coefficient (Wildman–Crippen LogP) is 5.63. The number of benzene rings is 2. The average molecular weight is 406 g/mol. The second kappa shape index (κ2) is 9.47. The zero-order valence-electron chi connectivity index (χ0n) is 18.7. The summed E-state index contributed by atoms with van der Waals surface area (Å²) in [7, 11) is 0. The first-order valence-corrected chi connectivity index (χ1v) is 11.4. The van der Waals surface area contributed by atoms with E-state index in [1.807, 2.05) is 0 Å². The van der Waals surface area contributed by atoms with Crippen molar-refractivity contribution in [2.24, 2.45) is 0 Å². The van der Waals surface area contributed by atoms with Crippen LogP contribution >= 0.6 is 0 Å². The van der Waals surface area contributed by atoms with Crippen molar-refractivity contribution < 1.29 is 9.47 Å². The Hall–Kier alpha value is -1.94. The minimum atomic E-state index is -0.570. The van der Waals surface area contributed by atoms with E-state index in [1.165, 1.54) is 17.5 Å². The highest BCUT2D eigenvalue weighted by molar-refractivity contribution is 5.27. The molecule has 0 N–H and O–H groups in total. The fourth-order valence-electron chi connectivity index (χ4n) is 4.84. The van der Waals surface area contributed by atoms with Gasteiger partial charge in [-0.1, -0.05) is 71.3 Å². The molecule has 0 spiro atoms. The van der Waals surface area contributed by atoms with Gasteiger partial charge < -0.3 is 9.47 Å². The summed E-state index contributed by atoms with van der Waals surface area (Å²) in [5.41, 5.74) is 6.94. The average Bonchev–Trinajstić information content (AvgIpc) is 3.24. The minimum Gasteiger partial charge on any atom is -0.343 e. The summed E-state index contributed by atoms with van der Waals surface area (Å²) >= 11 is 0. The van der Waals surface area contributed by atoms with Gasteiger partial charge in [-0.05, 0) is 52.1 Å². The van der Waals surface area contributed by atoms with Crippen molar-refractivity contribution >= 4 is 0 Å². The molecule has 0 saturated carbocycles. The lowest BCUT2D eigenvalue weighted by atomic mass is 9.90. The van der Waals surface area contributed by atoms with E-state index in [0.29, 0.717) is 19.3 Å². The van der Waals surface area contributed by atoms with E-state index in [9.17, 15) is 0 Å². The van der Waals surface area contributed by atoms with Crippen LogP contribution in [0.1, 0.15) is 49.8 Å². The van der Waals surface area contributed by atoms with Gasteiger partial charge >= 0.3 is 0 Å². The molecule has 2 aliphatic heterocycles. The van der Waals surface area contributed by atoms with Gasteiger partial charge in [-0.15, -0.1) is 0 Å². The maximum atomic E-state index is 6.17. The van der Waals surface area contributed by atoms with Crippen molar-refractivity contribution in [3.8, 4) is 0 Å². The van der Waals surface area contributed by atoms with E-state index < -0.39 is 5.79 Å². The van der Waals surface area contributed by atoms with Crippen LogP contribution in [-0.2, 0) is 21.7 Å². The van der Waals surface area contributed by atoms with Gasteiger partial charge in [0, 0.05) is 24.6 Å². The quantitative estimate of drug-likeness (QED) is 0.557. The van der Waals surface area contributed by atoms with Crippen LogP contribution in [0.15, 0.2) is 65.7 Å². The van der Waals surface area contributed by atoms with Crippen LogP contribution < -0.4 is 0 Å². The summed E-state index contributed by atoms with van der Waals surface area (Å²) < 4.78 is 12.3. The van der Waals surface area contributed by atoms with Crippen LogP contribution in [0.2, 0.25) is 0 Å². The lowest BCUT2D eigenvalue weighted by Crippen LogP contribution is -2.43. The Balaban J connectivity index is 1.44. The summed E-state index contributed by atoms with van der Waals surface area (Å²) in [5, 5.41) is 0. The smallest absolute Gasteiger partial charge is 0.195 e. The Labute approximate surface area is 181 Å². The third kappa shape index (κ3) is 4.69. The Morgan fingerprint density at radius 1 is 0.933 bits per heavy atom. The molecule has 1 fully saturated rings.